The van der Waals surface area contributed by atoms with Crippen molar-refractivity contribution in [3.8, 4) is 16.9 Å². The predicted molar refractivity (Wildman–Crippen MR) is 164 cm³/mol. The molecule has 7 nitrogen and oxygen atoms in total. The molecule has 0 radical (unpaired) electrons. The number of carbonyl (C=O) groups is 1. The van der Waals surface area contributed by atoms with Gasteiger partial charge in [-0.25, -0.2) is 13.1 Å². The second kappa shape index (κ2) is 11.9. The van der Waals surface area contributed by atoms with Crippen molar-refractivity contribution in [3.63, 3.8) is 0 Å². The summed E-state index contributed by atoms with van der Waals surface area (Å²) in [5.41, 5.74) is 3.71. The second-order valence-electron chi connectivity index (χ2n) is 9.08. The molecule has 1 amide bonds. The van der Waals surface area contributed by atoms with E-state index in [0.717, 1.165) is 11.3 Å². The molecular formula is C30H28N4O3S3. The molecule has 0 bridgehead atoms. The lowest BCUT2D eigenvalue weighted by atomic mass is 10.1. The monoisotopic (exact) mass is 588 g/mol. The van der Waals surface area contributed by atoms with Gasteiger partial charge < -0.3 is 0 Å². The Morgan fingerprint density at radius 1 is 0.950 bits per heavy atom. The van der Waals surface area contributed by atoms with E-state index in [2.05, 4.69) is 0 Å². The molecule has 10 heteroatoms. The predicted octanol–water partition coefficient (Wildman–Crippen LogP) is 5.97. The number of benzene rings is 3. The minimum Gasteiger partial charge on any atom is -0.288 e. The first-order valence-corrected chi connectivity index (χ1v) is 15.5. The number of thiocarbonyl (C=S) groups is 1. The van der Waals surface area contributed by atoms with Crippen molar-refractivity contribution < 1.29 is 13.2 Å². The van der Waals surface area contributed by atoms with Gasteiger partial charge >= 0.3 is 0 Å². The quantitative estimate of drug-likeness (QED) is 0.177. The number of thioether (sulfide) groups is 1. The summed E-state index contributed by atoms with van der Waals surface area (Å²) < 4.78 is 30.2. The lowest BCUT2D eigenvalue weighted by Gasteiger charge is -2.18. The van der Waals surface area contributed by atoms with E-state index in [1.807, 2.05) is 86.8 Å². The summed E-state index contributed by atoms with van der Waals surface area (Å²) in [7, 11) is -3.66. The van der Waals surface area contributed by atoms with Gasteiger partial charge in [-0.05, 0) is 35.9 Å². The average Bonchev–Trinajstić information content (AvgIpc) is 3.51. The molecule has 2 heterocycles. The van der Waals surface area contributed by atoms with Crippen LogP contribution in [0.25, 0.3) is 23.0 Å². The normalized spacial score (nSPS) is 15.0. The number of sulfonamides is 1. The molecule has 0 aliphatic carbocycles. The van der Waals surface area contributed by atoms with Gasteiger partial charge in [-0.15, -0.1) is 0 Å². The van der Waals surface area contributed by atoms with Gasteiger partial charge in [0.15, 0.2) is 0 Å². The van der Waals surface area contributed by atoms with Crippen molar-refractivity contribution in [2.45, 2.75) is 25.3 Å². The Morgan fingerprint density at radius 2 is 1.62 bits per heavy atom. The van der Waals surface area contributed by atoms with Crippen LogP contribution < -0.4 is 0 Å². The van der Waals surface area contributed by atoms with E-state index in [-0.39, 0.29) is 10.8 Å². The summed E-state index contributed by atoms with van der Waals surface area (Å²) in [5.74, 6) is -0.171. The number of rotatable bonds is 9. The smallest absolute Gasteiger partial charge is 0.266 e. The lowest BCUT2D eigenvalue weighted by molar-refractivity contribution is -0.122. The highest BCUT2D eigenvalue weighted by Gasteiger charge is 2.32. The zero-order valence-corrected chi connectivity index (χ0v) is 24.5. The second-order valence-corrected chi connectivity index (χ2v) is 12.7. The number of aromatic nitrogens is 2. The van der Waals surface area contributed by atoms with Gasteiger partial charge in [-0.2, -0.15) is 9.40 Å². The van der Waals surface area contributed by atoms with Crippen LogP contribution in [0.1, 0.15) is 25.0 Å². The van der Waals surface area contributed by atoms with Gasteiger partial charge in [0.25, 0.3) is 5.91 Å². The van der Waals surface area contributed by atoms with Crippen molar-refractivity contribution in [3.05, 3.63) is 107 Å². The molecule has 1 aromatic heterocycles. The number of amides is 1. The van der Waals surface area contributed by atoms with Crippen LogP contribution in [-0.4, -0.2) is 50.7 Å². The zero-order valence-electron chi connectivity index (χ0n) is 22.1. The molecule has 5 rings (SSSR count). The summed E-state index contributed by atoms with van der Waals surface area (Å²) in [5, 5.41) is 4.83. The van der Waals surface area contributed by atoms with Crippen LogP contribution in [0.3, 0.4) is 0 Å². The number of para-hydroxylation sites is 1. The van der Waals surface area contributed by atoms with Gasteiger partial charge in [0.05, 0.1) is 22.0 Å². The first-order valence-electron chi connectivity index (χ1n) is 12.9. The van der Waals surface area contributed by atoms with Crippen LogP contribution in [0.5, 0.6) is 0 Å². The van der Waals surface area contributed by atoms with Crippen molar-refractivity contribution in [2.75, 3.05) is 13.1 Å². The van der Waals surface area contributed by atoms with Crippen LogP contribution in [0.2, 0.25) is 0 Å². The van der Waals surface area contributed by atoms with Gasteiger partial charge in [0, 0.05) is 30.4 Å². The Labute approximate surface area is 244 Å². The van der Waals surface area contributed by atoms with Crippen molar-refractivity contribution in [1.29, 1.82) is 0 Å². The van der Waals surface area contributed by atoms with Crippen molar-refractivity contribution in [1.82, 2.24) is 19.0 Å². The van der Waals surface area contributed by atoms with Gasteiger partial charge in [0.2, 0.25) is 10.0 Å². The summed E-state index contributed by atoms with van der Waals surface area (Å²) in [6, 6.07) is 26.1. The van der Waals surface area contributed by atoms with Crippen LogP contribution in [0, 0.1) is 0 Å². The minimum absolute atomic E-state index is 0.171. The fourth-order valence-corrected chi connectivity index (χ4v) is 7.24. The minimum atomic E-state index is -3.66. The molecule has 1 fully saturated rings. The Bertz CT molecular complexity index is 1680. The number of hydrogen-bond donors (Lipinski definition) is 0. The molecule has 40 heavy (non-hydrogen) atoms. The highest BCUT2D eigenvalue weighted by atomic mass is 32.2. The fraction of sp³-hybridized carbons (Fsp3) is 0.167. The molecule has 4 aromatic rings. The largest absolute Gasteiger partial charge is 0.288 e. The molecule has 3 aromatic carbocycles. The number of nitrogens with zero attached hydrogens (tertiary/aromatic N) is 4. The van der Waals surface area contributed by atoms with Crippen molar-refractivity contribution >= 4 is 50.3 Å². The SMILES string of the molecule is CCN(CC)S(=O)(=O)c1cccc(-c2nn(-c3ccccc3)cc2/C=C2\SC(=S)N(Cc3ccccc3)C2=O)c1. The third-order valence-electron chi connectivity index (χ3n) is 6.56. The average molecular weight is 589 g/mol. The summed E-state index contributed by atoms with van der Waals surface area (Å²) in [6.45, 7) is 4.78. The van der Waals surface area contributed by atoms with Gasteiger partial charge in [0.1, 0.15) is 10.0 Å². The highest BCUT2D eigenvalue weighted by molar-refractivity contribution is 8.26. The van der Waals surface area contributed by atoms with E-state index >= 15 is 0 Å². The Kier molecular flexibility index (Phi) is 8.32. The number of carbonyl (C=O) groups excluding carboxylic acids is 1. The maximum absolute atomic E-state index is 13.4. The van der Waals surface area contributed by atoms with Crippen LogP contribution in [-0.2, 0) is 21.4 Å². The van der Waals surface area contributed by atoms with Crippen molar-refractivity contribution in [2.24, 2.45) is 0 Å². The first kappa shape index (κ1) is 28.0. The van der Waals surface area contributed by atoms with E-state index in [9.17, 15) is 13.2 Å². The Balaban J connectivity index is 1.57. The third-order valence-corrected chi connectivity index (χ3v) is 9.98. The maximum atomic E-state index is 13.4. The molecule has 1 saturated heterocycles. The Hall–Kier alpha value is -3.57. The van der Waals surface area contributed by atoms with Crippen LogP contribution in [0.4, 0.5) is 0 Å². The molecule has 0 saturated carbocycles. The first-order chi connectivity index (χ1) is 19.3. The van der Waals surface area contributed by atoms with Gasteiger partial charge in [-0.1, -0.05) is 98.5 Å². The molecule has 204 valence electrons. The molecule has 1 aliphatic heterocycles. The molecule has 0 N–H and O–H groups in total. The van der Waals surface area contributed by atoms with E-state index in [1.54, 1.807) is 33.9 Å². The van der Waals surface area contributed by atoms with Crippen LogP contribution in [0.15, 0.2) is 101 Å². The lowest BCUT2D eigenvalue weighted by Crippen LogP contribution is -2.30. The molecule has 1 aliphatic rings. The topological polar surface area (TPSA) is 75.5 Å². The molecule has 0 unspecified atom stereocenters. The van der Waals surface area contributed by atoms with Gasteiger partial charge in [-0.3, -0.25) is 9.69 Å². The number of hydrogen-bond acceptors (Lipinski definition) is 6. The van der Waals surface area contributed by atoms with E-state index < -0.39 is 10.0 Å². The molecule has 0 spiro atoms. The highest BCUT2D eigenvalue weighted by Crippen LogP contribution is 2.36. The molecule has 0 atom stereocenters. The fourth-order valence-electron chi connectivity index (χ4n) is 4.49. The maximum Gasteiger partial charge on any atom is 0.266 e. The molecular weight excluding hydrogens is 561 g/mol. The van der Waals surface area contributed by atoms with E-state index in [4.69, 9.17) is 17.3 Å². The van der Waals surface area contributed by atoms with E-state index in [1.165, 1.54) is 16.1 Å². The van der Waals surface area contributed by atoms with E-state index in [0.29, 0.717) is 45.7 Å². The summed E-state index contributed by atoms with van der Waals surface area (Å²) in [6.07, 6.45) is 3.64. The Morgan fingerprint density at radius 3 is 2.30 bits per heavy atom. The van der Waals surface area contributed by atoms with Crippen LogP contribution >= 0.6 is 24.0 Å². The third kappa shape index (κ3) is 5.66. The standard InChI is InChI=1S/C30H28N4O3S3/c1-3-32(4-2)40(36,37)26-17-11-14-23(18-26)28-24(21-34(31-28)25-15-9-6-10-16-25)19-27-29(35)33(30(38)39-27)20-22-12-7-5-8-13-22/h5-19,21H,3-4,20H2,1-2H3/b27-19-. The summed E-state index contributed by atoms with van der Waals surface area (Å²) >= 11 is 6.81. The summed E-state index contributed by atoms with van der Waals surface area (Å²) in [4.78, 5) is 15.7. The zero-order chi connectivity index (χ0) is 28.3.